The summed E-state index contributed by atoms with van der Waals surface area (Å²) in [5, 5.41) is 3.16. The minimum atomic E-state index is -0.578. The molecule has 1 aliphatic rings. The number of carbonyl (C=O) groups is 1. The molecule has 2 atom stereocenters. The first-order chi connectivity index (χ1) is 9.51. The molecule has 1 saturated heterocycles. The maximum absolute atomic E-state index is 13.7. The van der Waals surface area contributed by atoms with Crippen molar-refractivity contribution in [2.75, 3.05) is 26.7 Å². The van der Waals surface area contributed by atoms with Crippen molar-refractivity contribution in [2.24, 2.45) is 0 Å². The van der Waals surface area contributed by atoms with Gasteiger partial charge in [0, 0.05) is 24.7 Å². The van der Waals surface area contributed by atoms with E-state index in [0.29, 0.717) is 18.2 Å². The summed E-state index contributed by atoms with van der Waals surface area (Å²) < 4.78 is 19.3. The molecule has 0 radical (unpaired) electrons. The Morgan fingerprint density at radius 2 is 2.30 bits per heavy atom. The molecular formula is C14H18ClFN2O2. The highest BCUT2D eigenvalue weighted by atomic mass is 35.5. The first-order valence-electron chi connectivity index (χ1n) is 6.57. The highest BCUT2D eigenvalue weighted by Gasteiger charge is 2.33. The van der Waals surface area contributed by atoms with Crippen LogP contribution in [0.4, 0.5) is 4.39 Å². The fourth-order valence-electron chi connectivity index (χ4n) is 2.40. The zero-order chi connectivity index (χ0) is 14.7. The zero-order valence-electron chi connectivity index (χ0n) is 11.5. The van der Waals surface area contributed by atoms with Gasteiger partial charge in [-0.1, -0.05) is 11.6 Å². The van der Waals surface area contributed by atoms with Crippen LogP contribution in [-0.4, -0.2) is 49.7 Å². The average molecular weight is 301 g/mol. The molecule has 1 amide bonds. The third-order valence-corrected chi connectivity index (χ3v) is 3.55. The molecule has 1 aliphatic heterocycles. The van der Waals surface area contributed by atoms with Gasteiger partial charge in [0.2, 0.25) is 0 Å². The summed E-state index contributed by atoms with van der Waals surface area (Å²) in [6, 6.07) is 3.80. The maximum Gasteiger partial charge on any atom is 0.254 e. The van der Waals surface area contributed by atoms with E-state index < -0.39 is 11.7 Å². The van der Waals surface area contributed by atoms with Crippen LogP contribution in [0, 0.1) is 5.82 Å². The van der Waals surface area contributed by atoms with Gasteiger partial charge >= 0.3 is 0 Å². The molecule has 20 heavy (non-hydrogen) atoms. The highest BCUT2D eigenvalue weighted by Crippen LogP contribution is 2.17. The summed E-state index contributed by atoms with van der Waals surface area (Å²) >= 11 is 5.80. The highest BCUT2D eigenvalue weighted by molar-refractivity contribution is 6.31. The van der Waals surface area contributed by atoms with Gasteiger partial charge in [-0.2, -0.15) is 0 Å². The number of hydrogen-bond acceptors (Lipinski definition) is 3. The molecule has 1 heterocycles. The van der Waals surface area contributed by atoms with Gasteiger partial charge in [-0.05, 0) is 32.2 Å². The normalized spacial score (nSPS) is 23.0. The predicted octanol–water partition coefficient (Wildman–Crippen LogP) is 1.93. The number of benzene rings is 1. The van der Waals surface area contributed by atoms with Crippen LogP contribution in [-0.2, 0) is 4.74 Å². The summed E-state index contributed by atoms with van der Waals surface area (Å²) in [5.74, 6) is -1.04. The van der Waals surface area contributed by atoms with Gasteiger partial charge < -0.3 is 15.0 Å². The quantitative estimate of drug-likeness (QED) is 0.924. The Hall–Kier alpha value is -1.17. The summed E-state index contributed by atoms with van der Waals surface area (Å²) in [4.78, 5) is 14.2. The van der Waals surface area contributed by atoms with Crippen LogP contribution in [0.5, 0.6) is 0 Å². The molecule has 2 rings (SSSR count). The van der Waals surface area contributed by atoms with Gasteiger partial charge in [-0.25, -0.2) is 4.39 Å². The van der Waals surface area contributed by atoms with Crippen molar-refractivity contribution >= 4 is 17.5 Å². The van der Waals surface area contributed by atoms with Crippen molar-refractivity contribution in [1.82, 2.24) is 10.2 Å². The standard InChI is InChI=1S/C14H18ClFN2O2/c1-3-20-13-8-18(2)7-12(13)17-14(19)10-6-9(15)4-5-11(10)16/h4-6,12-13H,3,7-8H2,1-2H3,(H,17,19)/t12-,13-/m0/s1. The van der Waals surface area contributed by atoms with Gasteiger partial charge in [0.05, 0.1) is 17.7 Å². The molecule has 1 fully saturated rings. The van der Waals surface area contributed by atoms with Crippen molar-refractivity contribution in [3.63, 3.8) is 0 Å². The van der Waals surface area contributed by atoms with Crippen LogP contribution < -0.4 is 5.32 Å². The van der Waals surface area contributed by atoms with Crippen molar-refractivity contribution < 1.29 is 13.9 Å². The molecule has 0 bridgehead atoms. The maximum atomic E-state index is 13.7. The number of nitrogens with zero attached hydrogens (tertiary/aromatic N) is 1. The molecule has 0 spiro atoms. The van der Waals surface area contributed by atoms with Crippen molar-refractivity contribution in [3.8, 4) is 0 Å². The van der Waals surface area contributed by atoms with Crippen LogP contribution in [0.15, 0.2) is 18.2 Å². The summed E-state index contributed by atoms with van der Waals surface area (Å²) in [7, 11) is 1.96. The minimum absolute atomic E-state index is 0.0395. The first-order valence-corrected chi connectivity index (χ1v) is 6.95. The third-order valence-electron chi connectivity index (χ3n) is 3.32. The van der Waals surface area contributed by atoms with Crippen molar-refractivity contribution in [2.45, 2.75) is 19.1 Å². The Balaban J connectivity index is 2.08. The van der Waals surface area contributed by atoms with E-state index in [2.05, 4.69) is 10.2 Å². The van der Waals surface area contributed by atoms with E-state index >= 15 is 0 Å². The molecule has 0 unspecified atom stereocenters. The Morgan fingerprint density at radius 3 is 3.00 bits per heavy atom. The summed E-state index contributed by atoms with van der Waals surface area (Å²) in [6.45, 7) is 3.92. The zero-order valence-corrected chi connectivity index (χ0v) is 12.3. The Morgan fingerprint density at radius 1 is 1.55 bits per heavy atom. The van der Waals surface area contributed by atoms with Gasteiger partial charge in [0.25, 0.3) is 5.91 Å². The van der Waals surface area contributed by atoms with Crippen LogP contribution in [0.2, 0.25) is 5.02 Å². The van der Waals surface area contributed by atoms with Crippen molar-refractivity contribution in [1.29, 1.82) is 0 Å². The van der Waals surface area contributed by atoms with Crippen LogP contribution >= 0.6 is 11.6 Å². The Bertz CT molecular complexity index is 498. The Kier molecular flexibility index (Phi) is 4.96. The lowest BCUT2D eigenvalue weighted by Gasteiger charge is -2.20. The number of likely N-dealkylation sites (tertiary alicyclic amines) is 1. The molecule has 0 saturated carbocycles. The van der Waals surface area contributed by atoms with Gasteiger partial charge in [0.15, 0.2) is 0 Å². The molecule has 6 heteroatoms. The van der Waals surface area contributed by atoms with E-state index in [1.54, 1.807) is 0 Å². The number of likely N-dealkylation sites (N-methyl/N-ethyl adjacent to an activating group) is 1. The largest absolute Gasteiger partial charge is 0.375 e. The monoisotopic (exact) mass is 300 g/mol. The van der Waals surface area contributed by atoms with Crippen LogP contribution in [0.3, 0.4) is 0 Å². The number of rotatable bonds is 4. The smallest absolute Gasteiger partial charge is 0.254 e. The molecule has 0 aliphatic carbocycles. The fourth-order valence-corrected chi connectivity index (χ4v) is 2.57. The second-order valence-corrected chi connectivity index (χ2v) is 5.36. The van der Waals surface area contributed by atoms with E-state index in [-0.39, 0.29) is 17.7 Å². The number of halogens is 2. The van der Waals surface area contributed by atoms with Crippen LogP contribution in [0.25, 0.3) is 0 Å². The lowest BCUT2D eigenvalue weighted by atomic mass is 10.1. The Labute approximate surface area is 122 Å². The van der Waals surface area contributed by atoms with Crippen molar-refractivity contribution in [3.05, 3.63) is 34.6 Å². The number of nitrogens with one attached hydrogen (secondary N) is 1. The number of amides is 1. The van der Waals surface area contributed by atoms with Gasteiger partial charge in [-0.3, -0.25) is 4.79 Å². The van der Waals surface area contributed by atoms with E-state index in [0.717, 1.165) is 6.54 Å². The SMILES string of the molecule is CCO[C@H]1CN(C)C[C@@H]1NC(=O)c1cc(Cl)ccc1F. The fraction of sp³-hybridized carbons (Fsp3) is 0.500. The molecule has 1 aromatic rings. The second kappa shape index (κ2) is 6.52. The average Bonchev–Trinajstić information content (AvgIpc) is 2.73. The predicted molar refractivity (Wildman–Crippen MR) is 75.6 cm³/mol. The molecule has 4 nitrogen and oxygen atoms in total. The number of hydrogen-bond donors (Lipinski definition) is 1. The first kappa shape index (κ1) is 15.2. The van der Waals surface area contributed by atoms with E-state index in [1.165, 1.54) is 18.2 Å². The topological polar surface area (TPSA) is 41.6 Å². The molecule has 110 valence electrons. The molecule has 1 aromatic carbocycles. The number of ether oxygens (including phenoxy) is 1. The van der Waals surface area contributed by atoms with E-state index in [1.807, 2.05) is 14.0 Å². The van der Waals surface area contributed by atoms with Gasteiger partial charge in [-0.15, -0.1) is 0 Å². The van der Waals surface area contributed by atoms with E-state index in [9.17, 15) is 9.18 Å². The van der Waals surface area contributed by atoms with E-state index in [4.69, 9.17) is 16.3 Å². The summed E-state index contributed by atoms with van der Waals surface area (Å²) in [6.07, 6.45) is -0.0730. The number of carbonyl (C=O) groups excluding carboxylic acids is 1. The lowest BCUT2D eigenvalue weighted by molar-refractivity contribution is 0.0512. The van der Waals surface area contributed by atoms with Crippen LogP contribution in [0.1, 0.15) is 17.3 Å². The second-order valence-electron chi connectivity index (χ2n) is 4.92. The lowest BCUT2D eigenvalue weighted by Crippen LogP contribution is -2.44. The third kappa shape index (κ3) is 3.48. The minimum Gasteiger partial charge on any atom is -0.375 e. The molecule has 0 aromatic heterocycles. The molecule has 1 N–H and O–H groups in total. The molecular weight excluding hydrogens is 283 g/mol. The van der Waals surface area contributed by atoms with Gasteiger partial charge in [0.1, 0.15) is 5.82 Å². The summed E-state index contributed by atoms with van der Waals surface area (Å²) in [5.41, 5.74) is -0.0395.